The Hall–Kier alpha value is -1.90. The summed E-state index contributed by atoms with van der Waals surface area (Å²) in [5, 5.41) is 4.37. The predicted molar refractivity (Wildman–Crippen MR) is 110 cm³/mol. The van der Waals surface area contributed by atoms with E-state index < -0.39 is 11.0 Å². The van der Waals surface area contributed by atoms with Gasteiger partial charge in [0.05, 0.1) is 16.1 Å². The average molecular weight is 391 g/mol. The van der Waals surface area contributed by atoms with Crippen LogP contribution in [0.1, 0.15) is 32.8 Å². The maximum atomic E-state index is 12.6. The van der Waals surface area contributed by atoms with Crippen LogP contribution in [0.15, 0.2) is 24.4 Å². The summed E-state index contributed by atoms with van der Waals surface area (Å²) in [6, 6.07) is 5.56. The second-order valence-corrected chi connectivity index (χ2v) is 7.76. The number of fused-ring (bicyclic) bond motifs is 1. The Morgan fingerprint density at radius 3 is 2.81 bits per heavy atom. The van der Waals surface area contributed by atoms with Crippen molar-refractivity contribution in [1.29, 1.82) is 0 Å². The molecule has 0 bridgehead atoms. The molecule has 1 heterocycles. The number of thioether (sulfide) groups is 1. The van der Waals surface area contributed by atoms with Gasteiger partial charge in [-0.3, -0.25) is 9.78 Å². The molecule has 6 heteroatoms. The summed E-state index contributed by atoms with van der Waals surface area (Å²) in [5.74, 6) is 6.44. The highest BCUT2D eigenvalue weighted by Gasteiger charge is 2.25. The van der Waals surface area contributed by atoms with E-state index in [-0.39, 0.29) is 5.91 Å². The monoisotopic (exact) mass is 390 g/mol. The van der Waals surface area contributed by atoms with E-state index >= 15 is 0 Å². The zero-order valence-corrected chi connectivity index (χ0v) is 17.2. The number of amides is 1. The zero-order chi connectivity index (χ0) is 19.3. The van der Waals surface area contributed by atoms with Crippen LogP contribution >= 0.6 is 23.4 Å². The molecular weight excluding hydrogens is 368 g/mol. The Bertz CT molecular complexity index is 871. The third-order valence-electron chi connectivity index (χ3n) is 3.60. The van der Waals surface area contributed by atoms with Crippen molar-refractivity contribution in [2.24, 2.45) is 0 Å². The van der Waals surface area contributed by atoms with Crippen molar-refractivity contribution in [3.8, 4) is 17.6 Å². The van der Waals surface area contributed by atoms with E-state index in [1.165, 1.54) is 11.8 Å². The van der Waals surface area contributed by atoms with Crippen LogP contribution in [0.2, 0.25) is 5.02 Å². The van der Waals surface area contributed by atoms with E-state index in [1.54, 1.807) is 6.20 Å². The molecule has 2 rings (SSSR count). The van der Waals surface area contributed by atoms with Gasteiger partial charge in [0.2, 0.25) is 5.44 Å². The molecule has 0 spiro atoms. The van der Waals surface area contributed by atoms with Crippen molar-refractivity contribution in [1.82, 2.24) is 10.3 Å². The molecule has 0 fully saturated rings. The summed E-state index contributed by atoms with van der Waals surface area (Å²) in [6.07, 6.45) is 4.20. The summed E-state index contributed by atoms with van der Waals surface area (Å²) < 4.78 is 5.94. The maximum Gasteiger partial charge on any atom is 0.272 e. The number of halogens is 1. The summed E-state index contributed by atoms with van der Waals surface area (Å²) in [7, 11) is 0. The van der Waals surface area contributed by atoms with Gasteiger partial charge in [-0.25, -0.2) is 0 Å². The van der Waals surface area contributed by atoms with E-state index in [0.717, 1.165) is 22.9 Å². The third-order valence-corrected chi connectivity index (χ3v) is 4.54. The molecule has 0 saturated heterocycles. The van der Waals surface area contributed by atoms with Gasteiger partial charge >= 0.3 is 0 Å². The third kappa shape index (κ3) is 5.30. The standard InChI is InChI=1S/C20H23ClN2O2S/c1-6-7-8-20(3,4)23-18(24)19(26-5)25-16-9-13(2)17-14(11-16)10-15(21)12-22-17/h9-12,19H,6H2,1-5H3,(H,23,24). The molecular formula is C20H23ClN2O2S. The first-order valence-electron chi connectivity index (χ1n) is 8.33. The summed E-state index contributed by atoms with van der Waals surface area (Å²) in [4.78, 5) is 16.9. The number of ether oxygens (including phenoxy) is 1. The molecule has 4 nitrogen and oxygen atoms in total. The van der Waals surface area contributed by atoms with Crippen molar-refractivity contribution >= 4 is 40.2 Å². The highest BCUT2D eigenvalue weighted by Crippen LogP contribution is 2.27. The average Bonchev–Trinajstić information content (AvgIpc) is 2.57. The fraction of sp³-hybridized carbons (Fsp3) is 0.400. The van der Waals surface area contributed by atoms with E-state index in [1.807, 2.05) is 52.1 Å². The SMILES string of the molecule is CCC#CC(C)(C)NC(=O)C(Oc1cc(C)c2ncc(Cl)cc2c1)SC. The smallest absolute Gasteiger partial charge is 0.272 e. The van der Waals surface area contributed by atoms with Gasteiger partial charge < -0.3 is 10.1 Å². The van der Waals surface area contributed by atoms with Crippen LogP contribution in [-0.4, -0.2) is 28.1 Å². The molecule has 1 aromatic heterocycles. The predicted octanol–water partition coefficient (Wildman–Crippen LogP) is 4.57. The summed E-state index contributed by atoms with van der Waals surface area (Å²) in [5.41, 5.74) is 0.536. The van der Waals surface area contributed by atoms with E-state index in [2.05, 4.69) is 22.1 Å². The lowest BCUT2D eigenvalue weighted by Crippen LogP contribution is -2.47. The van der Waals surface area contributed by atoms with Crippen molar-refractivity contribution in [3.63, 3.8) is 0 Å². The number of nitrogens with one attached hydrogen (secondary N) is 1. The second kappa shape index (κ2) is 8.66. The molecule has 26 heavy (non-hydrogen) atoms. The van der Waals surface area contributed by atoms with Crippen LogP contribution in [0.4, 0.5) is 0 Å². The highest BCUT2D eigenvalue weighted by molar-refractivity contribution is 7.99. The molecule has 0 radical (unpaired) electrons. The first-order valence-corrected chi connectivity index (χ1v) is 9.99. The molecule has 1 atom stereocenters. The van der Waals surface area contributed by atoms with E-state index in [0.29, 0.717) is 10.8 Å². The Morgan fingerprint density at radius 1 is 1.42 bits per heavy atom. The van der Waals surface area contributed by atoms with Crippen LogP contribution in [0, 0.1) is 18.8 Å². The number of nitrogens with zero attached hydrogens (tertiary/aromatic N) is 1. The summed E-state index contributed by atoms with van der Waals surface area (Å²) >= 11 is 7.36. The first-order chi connectivity index (χ1) is 12.3. The van der Waals surface area contributed by atoms with Gasteiger partial charge in [-0.15, -0.1) is 17.7 Å². The number of aryl methyl sites for hydroxylation is 1. The molecule has 138 valence electrons. The molecule has 1 N–H and O–H groups in total. The van der Waals surface area contributed by atoms with Gasteiger partial charge in [0.1, 0.15) is 5.75 Å². The van der Waals surface area contributed by atoms with Crippen molar-refractivity contribution in [2.45, 2.75) is 45.1 Å². The topological polar surface area (TPSA) is 51.2 Å². The second-order valence-electron chi connectivity index (χ2n) is 6.42. The normalized spacial score (nSPS) is 12.2. The minimum Gasteiger partial charge on any atom is -0.470 e. The fourth-order valence-corrected chi connectivity index (χ4v) is 3.13. The molecule has 1 aromatic carbocycles. The first kappa shape index (κ1) is 20.4. The number of carbonyl (C=O) groups excluding carboxylic acids is 1. The van der Waals surface area contributed by atoms with Gasteiger partial charge in [0, 0.05) is 18.0 Å². The minimum atomic E-state index is -0.679. The number of rotatable bonds is 5. The number of aromatic nitrogens is 1. The molecule has 0 saturated carbocycles. The van der Waals surface area contributed by atoms with E-state index in [4.69, 9.17) is 16.3 Å². The van der Waals surface area contributed by atoms with Gasteiger partial charge in [0.25, 0.3) is 5.91 Å². The largest absolute Gasteiger partial charge is 0.470 e. The lowest BCUT2D eigenvalue weighted by atomic mass is 10.1. The Balaban J connectivity index is 2.21. The Morgan fingerprint density at radius 2 is 2.15 bits per heavy atom. The number of hydrogen-bond acceptors (Lipinski definition) is 4. The highest BCUT2D eigenvalue weighted by atomic mass is 35.5. The van der Waals surface area contributed by atoms with Crippen molar-refractivity contribution in [3.05, 3.63) is 35.0 Å². The minimum absolute atomic E-state index is 0.213. The van der Waals surface area contributed by atoms with Gasteiger partial charge in [0.15, 0.2) is 0 Å². The zero-order valence-electron chi connectivity index (χ0n) is 15.6. The quantitative estimate of drug-likeness (QED) is 0.600. The molecule has 0 aliphatic rings. The Labute approximate surface area is 164 Å². The maximum absolute atomic E-state index is 12.6. The van der Waals surface area contributed by atoms with Gasteiger partial charge in [-0.1, -0.05) is 24.4 Å². The van der Waals surface area contributed by atoms with Crippen LogP contribution in [0.3, 0.4) is 0 Å². The lowest BCUT2D eigenvalue weighted by molar-refractivity contribution is -0.125. The van der Waals surface area contributed by atoms with Crippen molar-refractivity contribution < 1.29 is 9.53 Å². The molecule has 1 unspecified atom stereocenters. The van der Waals surface area contributed by atoms with Crippen LogP contribution in [-0.2, 0) is 4.79 Å². The van der Waals surface area contributed by atoms with E-state index in [9.17, 15) is 4.79 Å². The number of carbonyl (C=O) groups is 1. The fourth-order valence-electron chi connectivity index (χ4n) is 2.48. The molecule has 0 aliphatic carbocycles. The van der Waals surface area contributed by atoms with Crippen LogP contribution in [0.5, 0.6) is 5.75 Å². The van der Waals surface area contributed by atoms with Crippen LogP contribution in [0.25, 0.3) is 10.9 Å². The summed E-state index contributed by atoms with van der Waals surface area (Å²) in [6.45, 7) is 7.67. The number of benzene rings is 1. The number of hydrogen-bond donors (Lipinski definition) is 1. The van der Waals surface area contributed by atoms with Gasteiger partial charge in [-0.2, -0.15) is 0 Å². The molecule has 1 amide bonds. The van der Waals surface area contributed by atoms with Crippen LogP contribution < -0.4 is 10.1 Å². The molecule has 0 aliphatic heterocycles. The molecule has 2 aromatic rings. The number of pyridine rings is 1. The lowest BCUT2D eigenvalue weighted by Gasteiger charge is -2.24. The van der Waals surface area contributed by atoms with Crippen molar-refractivity contribution in [2.75, 3.05) is 6.26 Å². The van der Waals surface area contributed by atoms with Gasteiger partial charge in [-0.05, 0) is 50.8 Å². The Kier molecular flexibility index (Phi) is 6.80.